The number of halogens is 1. The van der Waals surface area contributed by atoms with Crippen LogP contribution in [0.4, 0.5) is 10.1 Å². The standard InChI is InChI=1S/C16H27FN2O2/c1-13(2)18-12-14-11-15(17)5-6-16(14)19(7-9-20-3)8-10-21-4/h5-6,11,13,18H,7-10,12H2,1-4H3. The van der Waals surface area contributed by atoms with Crippen LogP contribution in [0.5, 0.6) is 0 Å². The lowest BCUT2D eigenvalue weighted by atomic mass is 10.1. The van der Waals surface area contributed by atoms with Gasteiger partial charge < -0.3 is 19.7 Å². The summed E-state index contributed by atoms with van der Waals surface area (Å²) in [5.74, 6) is -0.210. The van der Waals surface area contributed by atoms with Crippen LogP contribution < -0.4 is 10.2 Å². The highest BCUT2D eigenvalue weighted by Gasteiger charge is 2.12. The zero-order valence-electron chi connectivity index (χ0n) is 13.5. The number of hydrogen-bond acceptors (Lipinski definition) is 4. The highest BCUT2D eigenvalue weighted by molar-refractivity contribution is 5.54. The van der Waals surface area contributed by atoms with E-state index < -0.39 is 0 Å². The average Bonchev–Trinajstić information content (AvgIpc) is 2.46. The predicted molar refractivity (Wildman–Crippen MR) is 84.3 cm³/mol. The molecule has 1 rings (SSSR count). The maximum absolute atomic E-state index is 13.5. The fourth-order valence-electron chi connectivity index (χ4n) is 2.07. The molecule has 5 heteroatoms. The van der Waals surface area contributed by atoms with Crippen molar-refractivity contribution in [3.8, 4) is 0 Å². The number of nitrogens with zero attached hydrogens (tertiary/aromatic N) is 1. The van der Waals surface area contributed by atoms with Crippen LogP contribution in [0.25, 0.3) is 0 Å². The number of nitrogens with one attached hydrogen (secondary N) is 1. The van der Waals surface area contributed by atoms with Crippen LogP contribution in [0.1, 0.15) is 19.4 Å². The Hall–Kier alpha value is -1.17. The summed E-state index contributed by atoms with van der Waals surface area (Å²) in [4.78, 5) is 2.17. The third-order valence-corrected chi connectivity index (χ3v) is 3.21. The molecule has 0 aliphatic heterocycles. The van der Waals surface area contributed by atoms with Gasteiger partial charge in [-0.25, -0.2) is 4.39 Å². The highest BCUT2D eigenvalue weighted by atomic mass is 19.1. The summed E-state index contributed by atoms with van der Waals surface area (Å²) in [5, 5.41) is 3.34. The zero-order chi connectivity index (χ0) is 15.7. The predicted octanol–water partition coefficient (Wildman–Crippen LogP) is 2.42. The van der Waals surface area contributed by atoms with E-state index in [0.29, 0.717) is 25.8 Å². The number of ether oxygens (including phenoxy) is 2. The van der Waals surface area contributed by atoms with Crippen molar-refractivity contribution < 1.29 is 13.9 Å². The van der Waals surface area contributed by atoms with Gasteiger partial charge in [-0.2, -0.15) is 0 Å². The number of hydrogen-bond donors (Lipinski definition) is 1. The number of methoxy groups -OCH3 is 2. The molecule has 0 saturated carbocycles. The molecule has 0 saturated heterocycles. The largest absolute Gasteiger partial charge is 0.383 e. The normalized spacial score (nSPS) is 11.1. The molecule has 0 aliphatic rings. The fourth-order valence-corrected chi connectivity index (χ4v) is 2.07. The lowest BCUT2D eigenvalue weighted by Gasteiger charge is -2.27. The summed E-state index contributed by atoms with van der Waals surface area (Å²) in [5.41, 5.74) is 1.98. The third-order valence-electron chi connectivity index (χ3n) is 3.21. The maximum Gasteiger partial charge on any atom is 0.123 e. The molecule has 1 aromatic carbocycles. The van der Waals surface area contributed by atoms with Crippen LogP contribution in [-0.4, -0.2) is 46.6 Å². The van der Waals surface area contributed by atoms with Crippen LogP contribution in [0.3, 0.4) is 0 Å². The van der Waals surface area contributed by atoms with Gasteiger partial charge in [0.1, 0.15) is 5.82 Å². The van der Waals surface area contributed by atoms with E-state index in [9.17, 15) is 4.39 Å². The first-order chi connectivity index (χ1) is 10.1. The van der Waals surface area contributed by atoms with Crippen molar-refractivity contribution in [3.63, 3.8) is 0 Å². The second-order valence-electron chi connectivity index (χ2n) is 5.28. The Morgan fingerprint density at radius 2 is 1.76 bits per heavy atom. The second kappa shape index (κ2) is 9.71. The van der Waals surface area contributed by atoms with Gasteiger partial charge in [-0.3, -0.25) is 0 Å². The highest BCUT2D eigenvalue weighted by Crippen LogP contribution is 2.22. The summed E-state index contributed by atoms with van der Waals surface area (Å²) in [6, 6.07) is 5.28. The molecule has 0 aliphatic carbocycles. The van der Waals surface area contributed by atoms with Gasteiger partial charge in [0.15, 0.2) is 0 Å². The zero-order valence-corrected chi connectivity index (χ0v) is 13.5. The molecule has 0 radical (unpaired) electrons. The molecular formula is C16H27FN2O2. The van der Waals surface area contributed by atoms with E-state index in [-0.39, 0.29) is 5.82 Å². The topological polar surface area (TPSA) is 33.7 Å². The van der Waals surface area contributed by atoms with E-state index in [1.807, 2.05) is 6.07 Å². The minimum atomic E-state index is -0.210. The van der Waals surface area contributed by atoms with Crippen molar-refractivity contribution in [1.29, 1.82) is 0 Å². The Kier molecular flexibility index (Phi) is 8.27. The Balaban J connectivity index is 2.92. The lowest BCUT2D eigenvalue weighted by Crippen LogP contribution is -2.32. The SMILES string of the molecule is COCCN(CCOC)c1ccc(F)cc1CNC(C)C. The van der Waals surface area contributed by atoms with E-state index in [0.717, 1.165) is 24.3 Å². The Morgan fingerprint density at radius 3 is 2.29 bits per heavy atom. The van der Waals surface area contributed by atoms with Crippen molar-refractivity contribution in [2.75, 3.05) is 45.4 Å². The molecule has 0 bridgehead atoms. The first kappa shape index (κ1) is 17.9. The van der Waals surface area contributed by atoms with Gasteiger partial charge in [0.05, 0.1) is 13.2 Å². The Labute approximate surface area is 127 Å². The Morgan fingerprint density at radius 1 is 1.14 bits per heavy atom. The number of benzene rings is 1. The molecule has 0 atom stereocenters. The van der Waals surface area contributed by atoms with E-state index in [2.05, 4.69) is 24.1 Å². The molecule has 0 fully saturated rings. The molecule has 0 aromatic heterocycles. The molecule has 4 nitrogen and oxygen atoms in total. The van der Waals surface area contributed by atoms with Gasteiger partial charge in [0.25, 0.3) is 0 Å². The van der Waals surface area contributed by atoms with Crippen LogP contribution >= 0.6 is 0 Å². The van der Waals surface area contributed by atoms with Crippen LogP contribution in [-0.2, 0) is 16.0 Å². The van der Waals surface area contributed by atoms with Crippen LogP contribution in [0.15, 0.2) is 18.2 Å². The van der Waals surface area contributed by atoms with E-state index in [4.69, 9.17) is 9.47 Å². The summed E-state index contributed by atoms with van der Waals surface area (Å²) in [6.45, 7) is 7.54. The van der Waals surface area contributed by atoms with E-state index >= 15 is 0 Å². The average molecular weight is 298 g/mol. The number of rotatable bonds is 10. The second-order valence-corrected chi connectivity index (χ2v) is 5.28. The van der Waals surface area contributed by atoms with Gasteiger partial charge in [-0.1, -0.05) is 13.8 Å². The molecule has 120 valence electrons. The quantitative estimate of drug-likeness (QED) is 0.719. The number of anilines is 1. The molecular weight excluding hydrogens is 271 g/mol. The summed E-state index contributed by atoms with van der Waals surface area (Å²) in [7, 11) is 3.36. The van der Waals surface area contributed by atoms with Crippen molar-refractivity contribution in [1.82, 2.24) is 5.32 Å². The monoisotopic (exact) mass is 298 g/mol. The molecule has 0 spiro atoms. The van der Waals surface area contributed by atoms with Gasteiger partial charge in [0, 0.05) is 45.6 Å². The van der Waals surface area contributed by atoms with Crippen LogP contribution in [0.2, 0.25) is 0 Å². The van der Waals surface area contributed by atoms with Crippen molar-refractivity contribution >= 4 is 5.69 Å². The van der Waals surface area contributed by atoms with Crippen molar-refractivity contribution in [2.24, 2.45) is 0 Å². The maximum atomic E-state index is 13.5. The Bertz CT molecular complexity index is 405. The minimum Gasteiger partial charge on any atom is -0.383 e. The summed E-state index contributed by atoms with van der Waals surface area (Å²) < 4.78 is 23.9. The fraction of sp³-hybridized carbons (Fsp3) is 0.625. The van der Waals surface area contributed by atoms with E-state index in [1.165, 1.54) is 6.07 Å². The van der Waals surface area contributed by atoms with Gasteiger partial charge in [-0.15, -0.1) is 0 Å². The third kappa shape index (κ3) is 6.42. The molecule has 0 heterocycles. The molecule has 21 heavy (non-hydrogen) atoms. The molecule has 0 amide bonds. The van der Waals surface area contributed by atoms with Crippen LogP contribution in [0, 0.1) is 5.82 Å². The molecule has 0 unspecified atom stereocenters. The molecule has 1 N–H and O–H groups in total. The van der Waals surface area contributed by atoms with Crippen molar-refractivity contribution in [3.05, 3.63) is 29.6 Å². The van der Waals surface area contributed by atoms with Gasteiger partial charge in [0.2, 0.25) is 0 Å². The lowest BCUT2D eigenvalue weighted by molar-refractivity contribution is 0.190. The first-order valence-corrected chi connectivity index (χ1v) is 7.33. The first-order valence-electron chi connectivity index (χ1n) is 7.33. The summed E-state index contributed by atoms with van der Waals surface area (Å²) >= 11 is 0. The van der Waals surface area contributed by atoms with Gasteiger partial charge in [-0.05, 0) is 23.8 Å². The molecule has 1 aromatic rings. The smallest absolute Gasteiger partial charge is 0.123 e. The minimum absolute atomic E-state index is 0.210. The van der Waals surface area contributed by atoms with E-state index in [1.54, 1.807) is 20.3 Å². The van der Waals surface area contributed by atoms with Gasteiger partial charge >= 0.3 is 0 Å². The van der Waals surface area contributed by atoms with Crippen molar-refractivity contribution in [2.45, 2.75) is 26.4 Å². The summed E-state index contributed by atoms with van der Waals surface area (Å²) in [6.07, 6.45) is 0.